The second kappa shape index (κ2) is 5.17. The summed E-state index contributed by atoms with van der Waals surface area (Å²) in [4.78, 5) is 17.3. The Bertz CT molecular complexity index is 76.2. The van der Waals surface area contributed by atoms with Crippen LogP contribution in [0.4, 0.5) is 0 Å². The molecule has 0 amide bonds. The SMILES string of the molecule is COONC=C=O. The highest BCUT2D eigenvalue weighted by Crippen LogP contribution is 1.58. The van der Waals surface area contributed by atoms with Gasteiger partial charge in [0.2, 0.25) is 0 Å². The molecule has 4 nitrogen and oxygen atoms in total. The zero-order valence-electron chi connectivity index (χ0n) is 3.80. The van der Waals surface area contributed by atoms with Crippen molar-refractivity contribution in [2.24, 2.45) is 0 Å². The van der Waals surface area contributed by atoms with E-state index in [9.17, 15) is 4.79 Å². The van der Waals surface area contributed by atoms with E-state index in [0.717, 1.165) is 6.20 Å². The van der Waals surface area contributed by atoms with Gasteiger partial charge in [-0.05, 0) is 0 Å². The smallest absolute Gasteiger partial charge is 0.144 e. The molecule has 0 aliphatic carbocycles. The average molecular weight is 103 g/mol. The Morgan fingerprint density at radius 2 is 2.57 bits per heavy atom. The quantitative estimate of drug-likeness (QED) is 0.224. The van der Waals surface area contributed by atoms with Crippen LogP contribution in [0.15, 0.2) is 6.20 Å². The number of rotatable bonds is 3. The number of carbonyl (C=O) groups excluding carboxylic acids is 1. The minimum atomic E-state index is 0.934. The first kappa shape index (κ1) is 6.17. The summed E-state index contributed by atoms with van der Waals surface area (Å²) in [5.74, 6) is 1.41. The summed E-state index contributed by atoms with van der Waals surface area (Å²) < 4.78 is 0. The van der Waals surface area contributed by atoms with Gasteiger partial charge in [-0.1, -0.05) is 0 Å². The molecule has 0 aromatic carbocycles. The number of nitrogens with one attached hydrogen (secondary N) is 1. The summed E-state index contributed by atoms with van der Waals surface area (Å²) in [5.41, 5.74) is 2.01. The Morgan fingerprint density at radius 3 is 3.00 bits per heavy atom. The summed E-state index contributed by atoms with van der Waals surface area (Å²) in [6, 6.07) is 0. The molecule has 7 heavy (non-hydrogen) atoms. The van der Waals surface area contributed by atoms with E-state index in [1.165, 1.54) is 13.1 Å². The van der Waals surface area contributed by atoms with E-state index in [4.69, 9.17) is 0 Å². The molecule has 0 aliphatic rings. The highest BCUT2D eigenvalue weighted by atomic mass is 17.3. The molecule has 40 valence electrons. The molecule has 0 unspecified atom stereocenters. The molecular formula is C3H5NO3. The summed E-state index contributed by atoms with van der Waals surface area (Å²) in [7, 11) is 1.31. The van der Waals surface area contributed by atoms with Gasteiger partial charge in [0.15, 0.2) is 0 Å². The topological polar surface area (TPSA) is 47.6 Å². The van der Waals surface area contributed by atoms with Crippen LogP contribution in [-0.2, 0) is 14.7 Å². The molecule has 0 saturated heterocycles. The molecule has 0 aliphatic heterocycles. The van der Waals surface area contributed by atoms with Crippen molar-refractivity contribution in [3.8, 4) is 0 Å². The fourth-order valence-electron chi connectivity index (χ4n) is 0.0962. The first-order chi connectivity index (χ1) is 3.41. The van der Waals surface area contributed by atoms with Crippen molar-refractivity contribution in [3.63, 3.8) is 0 Å². The van der Waals surface area contributed by atoms with Gasteiger partial charge >= 0.3 is 0 Å². The van der Waals surface area contributed by atoms with E-state index < -0.39 is 0 Å². The monoisotopic (exact) mass is 103 g/mol. The first-order valence-corrected chi connectivity index (χ1v) is 1.56. The van der Waals surface area contributed by atoms with Crippen LogP contribution in [0, 0.1) is 0 Å². The highest BCUT2D eigenvalue weighted by Gasteiger charge is 1.67. The van der Waals surface area contributed by atoms with Crippen molar-refractivity contribution in [2.45, 2.75) is 0 Å². The van der Waals surface area contributed by atoms with Crippen LogP contribution in [0.1, 0.15) is 0 Å². The molecule has 4 heteroatoms. The number of hydroxylamine groups is 1. The van der Waals surface area contributed by atoms with Gasteiger partial charge in [-0.3, -0.25) is 0 Å². The van der Waals surface area contributed by atoms with E-state index in [1.807, 2.05) is 5.48 Å². The average Bonchev–Trinajstić information content (AvgIpc) is 1.69. The molecule has 0 fully saturated rings. The second-order valence-corrected chi connectivity index (χ2v) is 0.630. The fourth-order valence-corrected chi connectivity index (χ4v) is 0.0962. The minimum Gasteiger partial charge on any atom is -0.232 e. The van der Waals surface area contributed by atoms with Gasteiger partial charge in [-0.2, -0.15) is 0 Å². The molecule has 0 bridgehead atoms. The van der Waals surface area contributed by atoms with Gasteiger partial charge in [0, 0.05) is 0 Å². The van der Waals surface area contributed by atoms with E-state index in [0.29, 0.717) is 0 Å². The summed E-state index contributed by atoms with van der Waals surface area (Å²) in [5, 5.41) is 0. The van der Waals surface area contributed by atoms with Crippen LogP contribution in [-0.4, -0.2) is 13.1 Å². The highest BCUT2D eigenvalue weighted by molar-refractivity contribution is 5.43. The van der Waals surface area contributed by atoms with Crippen molar-refractivity contribution in [2.75, 3.05) is 7.11 Å². The Balaban J connectivity index is 2.83. The third kappa shape index (κ3) is 5.17. The van der Waals surface area contributed by atoms with E-state index in [-0.39, 0.29) is 0 Å². The lowest BCUT2D eigenvalue weighted by atomic mass is 11.1. The Morgan fingerprint density at radius 1 is 1.86 bits per heavy atom. The maximum atomic E-state index is 9.30. The lowest BCUT2D eigenvalue weighted by Gasteiger charge is -1.89. The minimum absolute atomic E-state index is 0.934. The zero-order chi connectivity index (χ0) is 5.54. The van der Waals surface area contributed by atoms with Gasteiger partial charge < -0.3 is 0 Å². The summed E-state index contributed by atoms with van der Waals surface area (Å²) in [6.45, 7) is 0. The fraction of sp³-hybridized carbons (Fsp3) is 0.333. The molecule has 1 N–H and O–H groups in total. The van der Waals surface area contributed by atoms with Crippen LogP contribution < -0.4 is 5.48 Å². The lowest BCUT2D eigenvalue weighted by molar-refractivity contribution is -0.306. The third-order valence-corrected chi connectivity index (χ3v) is 0.249. The van der Waals surface area contributed by atoms with E-state index in [1.54, 1.807) is 0 Å². The van der Waals surface area contributed by atoms with Crippen molar-refractivity contribution in [3.05, 3.63) is 6.20 Å². The largest absolute Gasteiger partial charge is 0.232 e. The van der Waals surface area contributed by atoms with Crippen LogP contribution in [0.25, 0.3) is 0 Å². The van der Waals surface area contributed by atoms with Gasteiger partial charge in [0.05, 0.1) is 7.11 Å². The Labute approximate surface area is 40.6 Å². The van der Waals surface area contributed by atoms with Gasteiger partial charge in [-0.25, -0.2) is 15.2 Å². The maximum Gasteiger partial charge on any atom is 0.144 e. The molecule has 0 radical (unpaired) electrons. The van der Waals surface area contributed by atoms with E-state index >= 15 is 0 Å². The maximum absolute atomic E-state index is 9.30. The molecule has 0 spiro atoms. The zero-order valence-corrected chi connectivity index (χ0v) is 3.80. The summed E-state index contributed by atoms with van der Waals surface area (Å²) >= 11 is 0. The lowest BCUT2D eigenvalue weighted by Crippen LogP contribution is -2.04. The van der Waals surface area contributed by atoms with Crippen LogP contribution in [0.2, 0.25) is 0 Å². The molecule has 0 aromatic rings. The normalized spacial score (nSPS) is 7.00. The van der Waals surface area contributed by atoms with Crippen molar-refractivity contribution in [1.82, 2.24) is 5.48 Å². The van der Waals surface area contributed by atoms with Crippen LogP contribution in [0.3, 0.4) is 0 Å². The van der Waals surface area contributed by atoms with E-state index in [2.05, 4.69) is 9.88 Å². The number of hydrogen-bond donors (Lipinski definition) is 1. The van der Waals surface area contributed by atoms with Crippen molar-refractivity contribution in [1.29, 1.82) is 0 Å². The third-order valence-electron chi connectivity index (χ3n) is 0.249. The van der Waals surface area contributed by atoms with Gasteiger partial charge in [0.1, 0.15) is 12.1 Å². The predicted octanol–water partition coefficient (Wildman–Crippen LogP) is -0.586. The molecule has 0 heterocycles. The van der Waals surface area contributed by atoms with Crippen molar-refractivity contribution < 1.29 is 14.7 Å². The predicted molar refractivity (Wildman–Crippen MR) is 21.5 cm³/mol. The molecule has 0 saturated carbocycles. The second-order valence-electron chi connectivity index (χ2n) is 0.630. The van der Waals surface area contributed by atoms with Gasteiger partial charge in [-0.15, -0.1) is 4.99 Å². The Hall–Kier alpha value is -0.830. The Kier molecular flexibility index (Phi) is 4.56. The van der Waals surface area contributed by atoms with Crippen molar-refractivity contribution >= 4 is 5.94 Å². The number of hydrogen-bond acceptors (Lipinski definition) is 4. The molecule has 0 atom stereocenters. The molecular weight excluding hydrogens is 98.0 g/mol. The molecule has 0 rings (SSSR count). The van der Waals surface area contributed by atoms with Gasteiger partial charge in [0.25, 0.3) is 0 Å². The standard InChI is InChI=1S/C3H5NO3/c1-6-7-4-2-3-5/h2,4H,1H3. The summed E-state index contributed by atoms with van der Waals surface area (Å²) in [6.07, 6.45) is 0.934. The van der Waals surface area contributed by atoms with Crippen LogP contribution >= 0.6 is 0 Å². The van der Waals surface area contributed by atoms with Crippen LogP contribution in [0.5, 0.6) is 0 Å². The first-order valence-electron chi connectivity index (χ1n) is 1.56. The molecule has 0 aromatic heterocycles.